The number of rotatable bonds is 4. The van der Waals surface area contributed by atoms with Crippen LogP contribution < -0.4 is 5.43 Å². The maximum atomic E-state index is 10.8. The summed E-state index contributed by atoms with van der Waals surface area (Å²) >= 11 is 3.15. The normalized spacial score (nSPS) is 10.7. The smallest absolute Gasteiger partial charge is 0.312 e. The molecule has 6 nitrogen and oxygen atoms in total. The molecule has 2 aromatic carbocycles. The van der Waals surface area contributed by atoms with Gasteiger partial charge in [-0.2, -0.15) is 5.10 Å². The van der Waals surface area contributed by atoms with Gasteiger partial charge in [0, 0.05) is 16.1 Å². The van der Waals surface area contributed by atoms with Crippen molar-refractivity contribution in [3.05, 3.63) is 62.6 Å². The highest BCUT2D eigenvalue weighted by molar-refractivity contribution is 9.10. The van der Waals surface area contributed by atoms with Crippen LogP contribution in [0.5, 0.6) is 5.75 Å². The molecule has 0 aliphatic heterocycles. The number of nitro benzene ring substituents is 1. The molecule has 0 saturated carbocycles. The molecule has 2 aromatic rings. The lowest BCUT2D eigenvalue weighted by atomic mass is 10.2. The second-order valence-corrected chi connectivity index (χ2v) is 4.77. The maximum absolute atomic E-state index is 10.8. The van der Waals surface area contributed by atoms with E-state index >= 15 is 0 Å². The quantitative estimate of drug-likeness (QED) is 0.508. The van der Waals surface area contributed by atoms with Gasteiger partial charge in [-0.15, -0.1) is 0 Å². The third-order valence-electron chi connectivity index (χ3n) is 2.45. The number of hydrazone groups is 1. The summed E-state index contributed by atoms with van der Waals surface area (Å²) in [6, 6.07) is 12.0. The molecule has 0 aromatic heterocycles. The molecule has 20 heavy (non-hydrogen) atoms. The highest BCUT2D eigenvalue weighted by Crippen LogP contribution is 2.32. The third-order valence-corrected chi connectivity index (χ3v) is 2.91. The summed E-state index contributed by atoms with van der Waals surface area (Å²) in [5.74, 6) is -0.420. The Balaban J connectivity index is 2.23. The lowest BCUT2D eigenvalue weighted by Gasteiger charge is -2.02. The molecule has 0 saturated heterocycles. The Hall–Kier alpha value is -2.41. The summed E-state index contributed by atoms with van der Waals surface area (Å²) in [5.41, 5.74) is 3.40. The number of halogens is 1. The van der Waals surface area contributed by atoms with Gasteiger partial charge in [-0.3, -0.25) is 15.5 Å². The van der Waals surface area contributed by atoms with Crippen LogP contribution in [0.25, 0.3) is 0 Å². The molecule has 2 rings (SSSR count). The number of hydrogen-bond acceptors (Lipinski definition) is 5. The summed E-state index contributed by atoms with van der Waals surface area (Å²) < 4.78 is 0.489. The Kier molecular flexibility index (Phi) is 4.31. The molecule has 0 spiro atoms. The summed E-state index contributed by atoms with van der Waals surface area (Å²) in [4.78, 5) is 10.1. The molecule has 0 amide bonds. The summed E-state index contributed by atoms with van der Waals surface area (Å²) in [6.07, 6.45) is 1.32. The number of nitro groups is 1. The average molecular weight is 336 g/mol. The molecular weight excluding hydrogens is 326 g/mol. The van der Waals surface area contributed by atoms with Gasteiger partial charge in [0.2, 0.25) is 5.75 Å². The average Bonchev–Trinajstić information content (AvgIpc) is 2.43. The third kappa shape index (κ3) is 3.33. The molecule has 0 bridgehead atoms. The lowest BCUT2D eigenvalue weighted by molar-refractivity contribution is -0.385. The van der Waals surface area contributed by atoms with Crippen molar-refractivity contribution in [3.63, 3.8) is 0 Å². The van der Waals surface area contributed by atoms with Gasteiger partial charge in [0.15, 0.2) is 0 Å². The van der Waals surface area contributed by atoms with Gasteiger partial charge in [-0.05, 0) is 18.2 Å². The second kappa shape index (κ2) is 6.16. The van der Waals surface area contributed by atoms with E-state index in [4.69, 9.17) is 0 Å². The van der Waals surface area contributed by atoms with E-state index in [0.717, 1.165) is 5.69 Å². The maximum Gasteiger partial charge on any atom is 0.312 e. The summed E-state index contributed by atoms with van der Waals surface area (Å²) in [6.45, 7) is 0. The van der Waals surface area contributed by atoms with Crippen molar-refractivity contribution < 1.29 is 10.0 Å². The van der Waals surface area contributed by atoms with E-state index in [1.165, 1.54) is 12.3 Å². The van der Waals surface area contributed by atoms with Gasteiger partial charge in [0.25, 0.3) is 0 Å². The van der Waals surface area contributed by atoms with Gasteiger partial charge in [-0.1, -0.05) is 34.1 Å². The monoisotopic (exact) mass is 335 g/mol. The Morgan fingerprint density at radius 1 is 1.30 bits per heavy atom. The Labute approximate surface area is 123 Å². The lowest BCUT2D eigenvalue weighted by Crippen LogP contribution is -1.94. The molecular formula is C13H10BrN3O3. The first-order chi connectivity index (χ1) is 9.58. The fraction of sp³-hybridized carbons (Fsp3) is 0. The highest BCUT2D eigenvalue weighted by Gasteiger charge is 2.17. The van der Waals surface area contributed by atoms with E-state index in [1.807, 2.05) is 30.3 Å². The van der Waals surface area contributed by atoms with Crippen LogP contribution in [0.1, 0.15) is 5.56 Å². The predicted molar refractivity (Wildman–Crippen MR) is 80.1 cm³/mol. The van der Waals surface area contributed by atoms with Gasteiger partial charge in [0.05, 0.1) is 16.8 Å². The van der Waals surface area contributed by atoms with Crippen molar-refractivity contribution >= 4 is 33.5 Å². The molecule has 2 N–H and O–H groups in total. The van der Waals surface area contributed by atoms with Crippen LogP contribution in [0.15, 0.2) is 52.0 Å². The minimum atomic E-state index is -0.651. The van der Waals surface area contributed by atoms with E-state index in [2.05, 4.69) is 26.5 Å². The molecule has 0 aliphatic carbocycles. The van der Waals surface area contributed by atoms with E-state index in [9.17, 15) is 15.2 Å². The van der Waals surface area contributed by atoms with Gasteiger partial charge in [0.1, 0.15) is 0 Å². The summed E-state index contributed by atoms with van der Waals surface area (Å²) in [5, 5.41) is 24.5. The van der Waals surface area contributed by atoms with E-state index in [-0.39, 0.29) is 11.3 Å². The largest absolute Gasteiger partial charge is 0.502 e. The van der Waals surface area contributed by atoms with Crippen LogP contribution in [0.2, 0.25) is 0 Å². The van der Waals surface area contributed by atoms with Crippen LogP contribution in [-0.4, -0.2) is 16.2 Å². The van der Waals surface area contributed by atoms with Crippen LogP contribution in [-0.2, 0) is 0 Å². The summed E-state index contributed by atoms with van der Waals surface area (Å²) in [7, 11) is 0. The van der Waals surface area contributed by atoms with Crippen molar-refractivity contribution in [2.75, 3.05) is 5.43 Å². The standard InChI is InChI=1S/C13H10BrN3O3/c14-10-6-9(13(18)12(7-10)17(19)20)8-15-16-11-4-2-1-3-5-11/h1-8,16,18H/b15-8-. The van der Waals surface area contributed by atoms with Crippen molar-refractivity contribution in [2.45, 2.75) is 0 Å². The van der Waals surface area contributed by atoms with Crippen LogP contribution >= 0.6 is 15.9 Å². The number of anilines is 1. The number of benzene rings is 2. The topological polar surface area (TPSA) is 87.8 Å². The van der Waals surface area contributed by atoms with Crippen molar-refractivity contribution in [1.82, 2.24) is 0 Å². The van der Waals surface area contributed by atoms with Gasteiger partial charge in [-0.25, -0.2) is 0 Å². The van der Waals surface area contributed by atoms with E-state index in [1.54, 1.807) is 6.07 Å². The highest BCUT2D eigenvalue weighted by atomic mass is 79.9. The molecule has 7 heteroatoms. The van der Waals surface area contributed by atoms with Crippen molar-refractivity contribution in [2.24, 2.45) is 5.10 Å². The Morgan fingerprint density at radius 3 is 2.65 bits per heavy atom. The van der Waals surface area contributed by atoms with Crippen LogP contribution in [0.3, 0.4) is 0 Å². The Bertz CT molecular complexity index is 659. The molecule has 102 valence electrons. The number of aromatic hydroxyl groups is 1. The van der Waals surface area contributed by atoms with Crippen molar-refractivity contribution in [1.29, 1.82) is 0 Å². The van der Waals surface area contributed by atoms with E-state index < -0.39 is 10.7 Å². The van der Waals surface area contributed by atoms with Crippen LogP contribution in [0, 0.1) is 10.1 Å². The minimum Gasteiger partial charge on any atom is -0.502 e. The molecule has 0 unspecified atom stereocenters. The zero-order chi connectivity index (χ0) is 14.5. The number of hydrogen-bond donors (Lipinski definition) is 2. The molecule has 0 fully saturated rings. The second-order valence-electron chi connectivity index (χ2n) is 3.86. The number of phenols is 1. The number of phenolic OH excluding ortho intramolecular Hbond substituents is 1. The molecule has 0 aliphatic rings. The predicted octanol–water partition coefficient (Wildman–Crippen LogP) is 3.51. The first kappa shape index (κ1) is 14.0. The fourth-order valence-corrected chi connectivity index (χ4v) is 2.00. The van der Waals surface area contributed by atoms with Crippen LogP contribution in [0.4, 0.5) is 11.4 Å². The zero-order valence-corrected chi connectivity index (χ0v) is 11.7. The first-order valence-corrected chi connectivity index (χ1v) is 6.38. The minimum absolute atomic E-state index is 0.245. The van der Waals surface area contributed by atoms with Gasteiger partial charge < -0.3 is 5.11 Å². The fourth-order valence-electron chi connectivity index (χ4n) is 1.53. The van der Waals surface area contributed by atoms with Crippen molar-refractivity contribution in [3.8, 4) is 5.75 Å². The number of para-hydroxylation sites is 1. The SMILES string of the molecule is O=[N+]([O-])c1cc(Br)cc(/C=N\Nc2ccccc2)c1O. The molecule has 0 atom stereocenters. The Morgan fingerprint density at radius 2 is 2.00 bits per heavy atom. The molecule has 0 radical (unpaired) electrons. The van der Waals surface area contributed by atoms with E-state index in [0.29, 0.717) is 4.47 Å². The number of nitrogens with zero attached hydrogens (tertiary/aromatic N) is 2. The number of nitrogens with one attached hydrogen (secondary N) is 1. The van der Waals surface area contributed by atoms with Gasteiger partial charge >= 0.3 is 5.69 Å². The molecule has 0 heterocycles. The first-order valence-electron chi connectivity index (χ1n) is 5.59. The zero-order valence-electron chi connectivity index (χ0n) is 10.2.